The third-order valence-corrected chi connectivity index (χ3v) is 9.28. The van der Waals surface area contributed by atoms with Crippen molar-refractivity contribution in [3.8, 4) is 0 Å². The molecular weight excluding hydrogens is 829 g/mol. The summed E-state index contributed by atoms with van der Waals surface area (Å²) >= 11 is 0.142. The molecule has 0 rings (SSSR count). The molecule has 0 spiro atoms. The maximum absolute atomic E-state index is 13.6. The van der Waals surface area contributed by atoms with E-state index in [2.05, 4.69) is 37.2 Å². The Morgan fingerprint density at radius 3 is 1.34 bits per heavy atom. The van der Waals surface area contributed by atoms with E-state index in [0.29, 0.717) is 5.32 Å². The van der Waals surface area contributed by atoms with Crippen molar-refractivity contribution in [2.45, 2.75) is 167 Å². The van der Waals surface area contributed by atoms with E-state index in [0.717, 1.165) is 0 Å². The topological polar surface area (TPSA) is 334 Å². The van der Waals surface area contributed by atoms with Crippen LogP contribution in [0.1, 0.15) is 109 Å². The number of carbonyl (C=O) groups excluding carboxylic acids is 8. The fourth-order valence-electron chi connectivity index (χ4n) is 4.93. The Labute approximate surface area is 349 Å². The van der Waals surface area contributed by atoms with Crippen molar-refractivity contribution in [1.29, 1.82) is 0 Å². The van der Waals surface area contributed by atoms with Crippen molar-refractivity contribution >= 4 is 62.5 Å². The molecular formula is C37H73N7O13Se. The van der Waals surface area contributed by atoms with Gasteiger partial charge in [-0.25, -0.2) is 9.59 Å². The second-order valence-corrected chi connectivity index (χ2v) is 18.6. The van der Waals surface area contributed by atoms with Crippen LogP contribution in [0.4, 0.5) is 4.79 Å². The predicted octanol–water partition coefficient (Wildman–Crippen LogP) is -1.000. The average Bonchev–Trinajstić information content (AvgIpc) is 3.03. The number of nitrogens with one attached hydrogen (secondary N) is 7. The van der Waals surface area contributed by atoms with Crippen molar-refractivity contribution in [2.75, 3.05) is 7.11 Å². The first-order valence-electron chi connectivity index (χ1n) is 18.5. The van der Waals surface area contributed by atoms with Gasteiger partial charge in [-0.3, -0.25) is 0 Å². The zero-order chi connectivity index (χ0) is 43.1. The molecule has 0 bridgehead atoms. The molecule has 0 aliphatic carbocycles. The van der Waals surface area contributed by atoms with Gasteiger partial charge in [0.1, 0.15) is 5.60 Å². The molecule has 0 aliphatic rings. The summed E-state index contributed by atoms with van der Waals surface area (Å²) in [6, 6.07) is -5.30. The number of carbonyl (C=O) groups is 8. The second-order valence-electron chi connectivity index (χ2n) is 16.5. The van der Waals surface area contributed by atoms with Crippen LogP contribution in [0.5, 0.6) is 0 Å². The normalized spacial score (nSPS) is 13.9. The van der Waals surface area contributed by atoms with E-state index in [1.54, 1.807) is 20.8 Å². The van der Waals surface area contributed by atoms with Crippen molar-refractivity contribution in [2.24, 2.45) is 11.8 Å². The molecule has 58 heavy (non-hydrogen) atoms. The number of hydrogen-bond acceptors (Lipinski definition) is 10. The number of ether oxygens (including phenoxy) is 2. The summed E-state index contributed by atoms with van der Waals surface area (Å²) in [5, 5.41) is 19.0. The minimum Gasteiger partial charge on any atom is -0.444 e. The maximum atomic E-state index is 13.6. The molecule has 340 valence electrons. The number of hydrogen-bond donors (Lipinski definition) is 7. The Balaban J connectivity index is -0.00000486. The average molecular weight is 903 g/mol. The van der Waals surface area contributed by atoms with Crippen molar-refractivity contribution in [3.05, 3.63) is 0 Å². The molecule has 0 unspecified atom stereocenters. The molecule has 7 amide bonds. The molecule has 0 saturated heterocycles. The van der Waals surface area contributed by atoms with Gasteiger partial charge >= 0.3 is 255 Å². The van der Waals surface area contributed by atoms with Crippen LogP contribution < -0.4 is 37.2 Å². The van der Waals surface area contributed by atoms with Crippen molar-refractivity contribution in [3.63, 3.8) is 0 Å². The molecule has 0 aliphatic heterocycles. The van der Waals surface area contributed by atoms with Gasteiger partial charge < -0.3 is 31.2 Å². The van der Waals surface area contributed by atoms with Gasteiger partial charge in [-0.15, -0.1) is 0 Å². The van der Waals surface area contributed by atoms with Gasteiger partial charge in [0, 0.05) is 0 Å². The number of amides is 7. The Morgan fingerprint density at radius 1 is 0.552 bits per heavy atom. The summed E-state index contributed by atoms with van der Waals surface area (Å²) in [7, 11) is 1.20. The molecule has 0 aromatic carbocycles. The molecule has 0 radical (unpaired) electrons. The van der Waals surface area contributed by atoms with E-state index < -0.39 is 94.4 Å². The molecule has 0 aromatic heterocycles. The van der Waals surface area contributed by atoms with Gasteiger partial charge in [0.15, 0.2) is 0 Å². The Morgan fingerprint density at radius 2 is 0.966 bits per heavy atom. The molecule has 5 atom stereocenters. The van der Waals surface area contributed by atoms with Crippen LogP contribution in [0.25, 0.3) is 0 Å². The van der Waals surface area contributed by atoms with Crippen molar-refractivity contribution in [1.82, 2.24) is 37.2 Å². The van der Waals surface area contributed by atoms with Crippen LogP contribution in [0.2, 0.25) is 11.1 Å². The number of rotatable bonds is 21. The number of methoxy groups -OCH3 is 1. The molecule has 0 saturated carbocycles. The third kappa shape index (κ3) is 22.8. The first kappa shape index (κ1) is 60.6. The van der Waals surface area contributed by atoms with E-state index in [1.807, 2.05) is 33.5 Å². The summed E-state index contributed by atoms with van der Waals surface area (Å²) < 4.78 is 9.96. The molecule has 0 heterocycles. The number of alkyl carbamates (subject to hydrolysis) is 1. The van der Waals surface area contributed by atoms with Crippen LogP contribution in [-0.4, -0.2) is 133 Å². The van der Waals surface area contributed by atoms with E-state index in [-0.39, 0.29) is 62.5 Å². The Kier molecular flexibility index (Phi) is 28.1. The fourth-order valence-corrected chi connectivity index (χ4v) is 5.91. The molecule has 20 nitrogen and oxygen atoms in total. The first-order chi connectivity index (χ1) is 25.1. The van der Waals surface area contributed by atoms with Crippen LogP contribution >= 0.6 is 0 Å². The number of esters is 1. The van der Waals surface area contributed by atoms with Gasteiger partial charge in [-0.2, -0.15) is 0 Å². The van der Waals surface area contributed by atoms with E-state index in [4.69, 9.17) is 9.47 Å². The minimum absolute atomic E-state index is 0. The minimum atomic E-state index is -1.55. The van der Waals surface area contributed by atoms with E-state index in [1.165, 1.54) is 48.7 Å². The van der Waals surface area contributed by atoms with Gasteiger partial charge in [-0.05, 0) is 41.5 Å². The zero-order valence-electron chi connectivity index (χ0n) is 36.9. The van der Waals surface area contributed by atoms with Gasteiger partial charge in [-0.1, -0.05) is 0 Å². The summed E-state index contributed by atoms with van der Waals surface area (Å²) in [6.07, 6.45) is -0.0741. The van der Waals surface area contributed by atoms with Crippen LogP contribution in [0.3, 0.4) is 0 Å². The molecule has 13 N–H and O–H groups in total. The Bertz CT molecular complexity index is 1370. The molecule has 21 heteroatoms. The summed E-state index contributed by atoms with van der Waals surface area (Å²) in [5.41, 5.74) is -3.68. The van der Waals surface area contributed by atoms with Gasteiger partial charge in [0.2, 0.25) is 0 Å². The zero-order valence-corrected chi connectivity index (χ0v) is 38.6. The smallest absolute Gasteiger partial charge is 0.444 e. The first-order valence-corrected chi connectivity index (χ1v) is 21.4. The van der Waals surface area contributed by atoms with Crippen LogP contribution in [0.15, 0.2) is 0 Å². The molecule has 0 aromatic rings. The fraction of sp³-hybridized carbons (Fsp3) is 0.784. The summed E-state index contributed by atoms with van der Waals surface area (Å²) in [5.74, 6) is -2.60. The predicted molar refractivity (Wildman–Crippen MR) is 219 cm³/mol. The van der Waals surface area contributed by atoms with Gasteiger partial charge in [0.25, 0.3) is 0 Å². The second kappa shape index (κ2) is 26.9. The summed E-state index contributed by atoms with van der Waals surface area (Å²) in [4.78, 5) is 104. The quantitative estimate of drug-likeness (QED) is 0.0544. The summed E-state index contributed by atoms with van der Waals surface area (Å²) in [6.45, 7) is 21.2. The van der Waals surface area contributed by atoms with Gasteiger partial charge in [0.05, 0.1) is 7.11 Å². The SMILES string of the molecule is COC(=O)C(C)(C)NC(=O)[C@H](CC(C)C)NC(=O)[C@H](C)NC(=O)[C@H](CC[Se]C)NC(=O)C(C)(C)NC(=O)[C@H](CC(C)C)NC(=O)[C@H](C)NC(=O)OC(C)(C)C.O.O.O. The standard InChI is InChI=1S/C37H67N7O10Se.3H2O/c1-20(2)18-25(41-28(46)23(6)39-34(52)54-35(7,8)9)30(48)43-36(10,11)32(50)42-24(16-17-55-15)29(47)38-22(5)27(45)40-26(19-21(3)4)31(49)44-37(12,13)33(51)53-14;;;/h20-26H,16-19H2,1-15H3,(H,38,47)(H,39,52)(H,40,45)(H,41,46)(H,42,50)(H,43,48)(H,44,49);3*1H2/t22-,23-,24-,25-,26-;;;/m0.../s1. The van der Waals surface area contributed by atoms with E-state index in [9.17, 15) is 38.4 Å². The monoisotopic (exact) mass is 903 g/mol. The third-order valence-electron chi connectivity index (χ3n) is 7.93. The van der Waals surface area contributed by atoms with Crippen LogP contribution in [0, 0.1) is 11.8 Å². The van der Waals surface area contributed by atoms with Crippen LogP contribution in [-0.2, 0) is 43.0 Å². The molecule has 0 fully saturated rings. The van der Waals surface area contributed by atoms with E-state index >= 15 is 0 Å². The van der Waals surface area contributed by atoms with Crippen molar-refractivity contribution < 1.29 is 64.3 Å². The Hall–Kier alpha value is -4.04.